The van der Waals surface area contributed by atoms with Gasteiger partial charge in [-0.1, -0.05) is 0 Å². The molecule has 1 saturated heterocycles. The first kappa shape index (κ1) is 16.6. The highest BCUT2D eigenvalue weighted by atomic mass is 32.2. The Labute approximate surface area is 133 Å². The van der Waals surface area contributed by atoms with Crippen LogP contribution in [0.1, 0.15) is 23.7 Å². The van der Waals surface area contributed by atoms with Crippen molar-refractivity contribution in [2.75, 3.05) is 20.0 Å². The van der Waals surface area contributed by atoms with E-state index >= 15 is 0 Å². The fourth-order valence-electron chi connectivity index (χ4n) is 2.18. The maximum atomic E-state index is 12.3. The number of hydrogen-bond acceptors (Lipinski definition) is 6. The predicted octanol–water partition coefficient (Wildman–Crippen LogP) is 1.40. The van der Waals surface area contributed by atoms with Crippen molar-refractivity contribution in [3.8, 4) is 11.5 Å². The number of amides is 1. The maximum Gasteiger partial charge on any atom is 0.223 e. The van der Waals surface area contributed by atoms with Gasteiger partial charge in [-0.2, -0.15) is 0 Å². The van der Waals surface area contributed by atoms with Gasteiger partial charge in [0.05, 0.1) is 20.0 Å². The zero-order valence-corrected chi connectivity index (χ0v) is 13.7. The highest BCUT2D eigenvalue weighted by Gasteiger charge is 2.23. The zero-order valence-electron chi connectivity index (χ0n) is 12.8. The van der Waals surface area contributed by atoms with E-state index in [4.69, 9.17) is 9.47 Å². The van der Waals surface area contributed by atoms with E-state index in [-0.39, 0.29) is 29.0 Å². The van der Waals surface area contributed by atoms with Crippen LogP contribution in [0.25, 0.3) is 0 Å². The lowest BCUT2D eigenvalue weighted by atomic mass is 10.1. The first-order valence-electron chi connectivity index (χ1n) is 6.95. The van der Waals surface area contributed by atoms with E-state index in [1.54, 1.807) is 25.3 Å². The number of ether oxygens (including phenoxy) is 2. The van der Waals surface area contributed by atoms with Crippen LogP contribution in [0.15, 0.2) is 18.2 Å². The summed E-state index contributed by atoms with van der Waals surface area (Å²) >= 11 is 1.37. The third kappa shape index (κ3) is 4.14. The minimum absolute atomic E-state index is 0.00214. The third-order valence-corrected chi connectivity index (χ3v) is 4.32. The molecule has 2 unspecified atom stereocenters. The van der Waals surface area contributed by atoms with Crippen LogP contribution in [0, 0.1) is 0 Å². The molecule has 1 fully saturated rings. The predicted molar refractivity (Wildman–Crippen MR) is 85.5 cm³/mol. The van der Waals surface area contributed by atoms with E-state index in [0.717, 1.165) is 0 Å². The van der Waals surface area contributed by atoms with Crippen LogP contribution in [-0.2, 0) is 4.79 Å². The monoisotopic (exact) mass is 324 g/mol. The minimum Gasteiger partial charge on any atom is -0.493 e. The molecule has 6 nitrogen and oxygen atoms in total. The van der Waals surface area contributed by atoms with Crippen LogP contribution < -0.4 is 20.1 Å². The first-order chi connectivity index (χ1) is 10.5. The molecule has 1 aromatic carbocycles. The Morgan fingerprint density at radius 1 is 1.32 bits per heavy atom. The van der Waals surface area contributed by atoms with E-state index in [2.05, 4.69) is 10.6 Å². The van der Waals surface area contributed by atoms with E-state index < -0.39 is 0 Å². The molecule has 1 aliphatic heterocycles. The van der Waals surface area contributed by atoms with Crippen LogP contribution in [0.4, 0.5) is 0 Å². The Bertz CT molecular complexity index is 564. The lowest BCUT2D eigenvalue weighted by Crippen LogP contribution is -2.53. The van der Waals surface area contributed by atoms with Gasteiger partial charge in [0.15, 0.2) is 17.3 Å². The second-order valence-corrected chi connectivity index (χ2v) is 6.12. The Balaban J connectivity index is 1.96. The number of nitrogens with one attached hydrogen (secondary N) is 2. The van der Waals surface area contributed by atoms with E-state index in [1.165, 1.54) is 18.9 Å². The van der Waals surface area contributed by atoms with E-state index in [1.807, 2.05) is 6.92 Å². The van der Waals surface area contributed by atoms with Crippen molar-refractivity contribution >= 4 is 23.5 Å². The van der Waals surface area contributed by atoms with Gasteiger partial charge in [0.2, 0.25) is 5.91 Å². The number of methoxy groups -OCH3 is 2. The van der Waals surface area contributed by atoms with E-state index in [9.17, 15) is 9.59 Å². The molecule has 1 aliphatic rings. The largest absolute Gasteiger partial charge is 0.493 e. The average Bonchev–Trinajstić information content (AvgIpc) is 2.51. The average molecular weight is 324 g/mol. The molecule has 22 heavy (non-hydrogen) atoms. The molecule has 0 aromatic heterocycles. The van der Waals surface area contributed by atoms with Crippen LogP contribution in [-0.4, -0.2) is 43.2 Å². The lowest BCUT2D eigenvalue weighted by molar-refractivity contribution is -0.123. The summed E-state index contributed by atoms with van der Waals surface area (Å²) in [7, 11) is 3.08. The Morgan fingerprint density at radius 2 is 2.05 bits per heavy atom. The highest BCUT2D eigenvalue weighted by Crippen LogP contribution is 2.28. The van der Waals surface area contributed by atoms with Crippen LogP contribution in [0.2, 0.25) is 0 Å². The number of carbonyl (C=O) groups is 2. The molecule has 1 aromatic rings. The lowest BCUT2D eigenvalue weighted by Gasteiger charge is -2.28. The molecular formula is C15H20N2O4S. The fourth-order valence-corrected chi connectivity index (χ4v) is 3.21. The van der Waals surface area contributed by atoms with Crippen molar-refractivity contribution in [1.82, 2.24) is 10.6 Å². The van der Waals surface area contributed by atoms with Crippen LogP contribution >= 0.6 is 11.8 Å². The smallest absolute Gasteiger partial charge is 0.223 e. The summed E-state index contributed by atoms with van der Waals surface area (Å²) in [5.41, 5.74) is 0.320. The standard InChI is InChI=1S/C15H20N2O4S/c1-9-6-14(19)17-15(16-9)22-8-11(18)10-4-5-12(20-2)13(7-10)21-3/h4-5,7,9,15-16H,6,8H2,1-3H3,(H,17,19). The van der Waals surface area contributed by atoms with Crippen LogP contribution in [0.5, 0.6) is 11.5 Å². The number of thioether (sulfide) groups is 1. The Morgan fingerprint density at radius 3 is 2.68 bits per heavy atom. The first-order valence-corrected chi connectivity index (χ1v) is 8.00. The molecular weight excluding hydrogens is 304 g/mol. The van der Waals surface area contributed by atoms with Crippen LogP contribution in [0.3, 0.4) is 0 Å². The summed E-state index contributed by atoms with van der Waals surface area (Å²) in [6.45, 7) is 1.95. The molecule has 0 bridgehead atoms. The Hall–Kier alpha value is -1.73. The van der Waals surface area contributed by atoms with Crippen molar-refractivity contribution in [3.05, 3.63) is 23.8 Å². The normalized spacial score (nSPS) is 21.1. The molecule has 1 heterocycles. The topological polar surface area (TPSA) is 76.7 Å². The molecule has 2 N–H and O–H groups in total. The number of rotatable bonds is 6. The quantitative estimate of drug-likeness (QED) is 0.771. The summed E-state index contributed by atoms with van der Waals surface area (Å²) in [4.78, 5) is 23.7. The van der Waals surface area contributed by atoms with Crippen molar-refractivity contribution in [1.29, 1.82) is 0 Å². The maximum absolute atomic E-state index is 12.3. The van der Waals surface area contributed by atoms with Gasteiger partial charge in [-0.3, -0.25) is 14.9 Å². The molecule has 0 radical (unpaired) electrons. The second-order valence-electron chi connectivity index (χ2n) is 5.02. The number of benzene rings is 1. The number of hydrogen-bond donors (Lipinski definition) is 2. The van der Waals surface area contributed by atoms with Gasteiger partial charge in [-0.15, -0.1) is 11.8 Å². The van der Waals surface area contributed by atoms with Gasteiger partial charge in [0, 0.05) is 18.0 Å². The molecule has 2 atom stereocenters. The van der Waals surface area contributed by atoms with Crippen molar-refractivity contribution in [2.45, 2.75) is 24.9 Å². The van der Waals surface area contributed by atoms with Crippen molar-refractivity contribution < 1.29 is 19.1 Å². The van der Waals surface area contributed by atoms with Gasteiger partial charge in [-0.05, 0) is 25.1 Å². The Kier molecular flexibility index (Phi) is 5.68. The summed E-state index contributed by atoms with van der Waals surface area (Å²) in [5, 5.41) is 6.04. The summed E-state index contributed by atoms with van der Waals surface area (Å²) < 4.78 is 10.3. The van der Waals surface area contributed by atoms with Gasteiger partial charge in [-0.25, -0.2) is 0 Å². The van der Waals surface area contributed by atoms with E-state index in [0.29, 0.717) is 23.5 Å². The van der Waals surface area contributed by atoms with Gasteiger partial charge >= 0.3 is 0 Å². The molecule has 0 saturated carbocycles. The molecule has 2 rings (SSSR count). The van der Waals surface area contributed by atoms with Gasteiger partial charge in [0.1, 0.15) is 5.50 Å². The fraction of sp³-hybridized carbons (Fsp3) is 0.467. The molecule has 120 valence electrons. The highest BCUT2D eigenvalue weighted by molar-refractivity contribution is 8.00. The van der Waals surface area contributed by atoms with Gasteiger partial charge < -0.3 is 14.8 Å². The molecule has 0 aliphatic carbocycles. The van der Waals surface area contributed by atoms with Gasteiger partial charge in [0.25, 0.3) is 0 Å². The minimum atomic E-state index is -0.236. The zero-order chi connectivity index (χ0) is 16.1. The summed E-state index contributed by atoms with van der Waals surface area (Å²) in [6.07, 6.45) is 0.459. The number of Topliss-reactive ketones (excluding diaryl/α,β-unsaturated/α-hetero) is 1. The number of carbonyl (C=O) groups excluding carboxylic acids is 2. The third-order valence-electron chi connectivity index (χ3n) is 3.31. The second kappa shape index (κ2) is 7.51. The molecule has 7 heteroatoms. The van der Waals surface area contributed by atoms with Crippen molar-refractivity contribution in [3.63, 3.8) is 0 Å². The summed E-state index contributed by atoms with van der Waals surface area (Å²) in [5.74, 6) is 1.35. The SMILES string of the molecule is COc1ccc(C(=O)CSC2NC(=O)CC(C)N2)cc1OC. The molecule has 0 spiro atoms. The summed E-state index contributed by atoms with van der Waals surface area (Å²) in [6, 6.07) is 5.19. The van der Waals surface area contributed by atoms with Crippen molar-refractivity contribution in [2.24, 2.45) is 0 Å². The number of ketones is 1. The molecule has 1 amide bonds.